The highest BCUT2D eigenvalue weighted by Crippen LogP contribution is 2.23. The van der Waals surface area contributed by atoms with E-state index in [2.05, 4.69) is 0 Å². The van der Waals surface area contributed by atoms with E-state index in [1.54, 1.807) is 24.1 Å². The van der Waals surface area contributed by atoms with Gasteiger partial charge in [0, 0.05) is 18.6 Å². The second-order valence-corrected chi connectivity index (χ2v) is 4.89. The summed E-state index contributed by atoms with van der Waals surface area (Å²) in [6, 6.07) is 11.0. The summed E-state index contributed by atoms with van der Waals surface area (Å²) in [5, 5.41) is 9.77. The molecule has 0 saturated heterocycles. The van der Waals surface area contributed by atoms with Crippen LogP contribution >= 0.6 is 11.6 Å². The van der Waals surface area contributed by atoms with Gasteiger partial charge in [0.15, 0.2) is 0 Å². The fraction of sp³-hybridized carbons (Fsp3) is 0.133. The maximum Gasteiger partial charge on any atom is 0.337 e. The fourth-order valence-electron chi connectivity index (χ4n) is 1.96. The summed E-state index contributed by atoms with van der Waals surface area (Å²) >= 11 is 5.82. The molecule has 20 heavy (non-hydrogen) atoms. The SMILES string of the molecule is CN(Cc1ccc(Cl)cc1)c1ccc(F)cc1C(=O)O. The van der Waals surface area contributed by atoms with Crippen molar-refractivity contribution in [3.05, 3.63) is 64.4 Å². The molecule has 0 aliphatic carbocycles. The summed E-state index contributed by atoms with van der Waals surface area (Å²) in [5.41, 5.74) is 1.40. The second-order valence-electron chi connectivity index (χ2n) is 4.45. The molecular weight excluding hydrogens is 281 g/mol. The Morgan fingerprint density at radius 1 is 1.25 bits per heavy atom. The molecule has 0 amide bonds. The lowest BCUT2D eigenvalue weighted by atomic mass is 10.1. The number of halogens is 2. The van der Waals surface area contributed by atoms with Crippen molar-refractivity contribution < 1.29 is 14.3 Å². The number of hydrogen-bond acceptors (Lipinski definition) is 2. The van der Waals surface area contributed by atoms with Gasteiger partial charge >= 0.3 is 5.97 Å². The van der Waals surface area contributed by atoms with Gasteiger partial charge in [-0.05, 0) is 35.9 Å². The molecule has 0 fully saturated rings. The number of benzene rings is 2. The first-order valence-electron chi connectivity index (χ1n) is 5.96. The summed E-state index contributed by atoms with van der Waals surface area (Å²) in [6.45, 7) is 0.503. The monoisotopic (exact) mass is 293 g/mol. The van der Waals surface area contributed by atoms with Gasteiger partial charge in [-0.25, -0.2) is 9.18 Å². The Morgan fingerprint density at radius 2 is 1.90 bits per heavy atom. The number of anilines is 1. The van der Waals surface area contributed by atoms with Gasteiger partial charge in [0.2, 0.25) is 0 Å². The van der Waals surface area contributed by atoms with Crippen LogP contribution in [0.3, 0.4) is 0 Å². The zero-order chi connectivity index (χ0) is 14.7. The van der Waals surface area contributed by atoms with E-state index >= 15 is 0 Å². The van der Waals surface area contributed by atoms with Crippen molar-refractivity contribution in [2.75, 3.05) is 11.9 Å². The lowest BCUT2D eigenvalue weighted by Crippen LogP contribution is -2.19. The van der Waals surface area contributed by atoms with Crippen LogP contribution < -0.4 is 4.90 Å². The van der Waals surface area contributed by atoms with Crippen LogP contribution in [0, 0.1) is 5.82 Å². The molecule has 0 aliphatic rings. The van der Waals surface area contributed by atoms with Crippen LogP contribution in [0.5, 0.6) is 0 Å². The third-order valence-electron chi connectivity index (χ3n) is 2.93. The first-order chi connectivity index (χ1) is 9.47. The molecule has 0 spiro atoms. The Balaban J connectivity index is 2.27. The quantitative estimate of drug-likeness (QED) is 0.932. The summed E-state index contributed by atoms with van der Waals surface area (Å²) in [5.74, 6) is -1.71. The molecule has 0 aliphatic heterocycles. The zero-order valence-corrected chi connectivity index (χ0v) is 11.6. The highest BCUT2D eigenvalue weighted by molar-refractivity contribution is 6.30. The van der Waals surface area contributed by atoms with Crippen LogP contribution in [-0.4, -0.2) is 18.1 Å². The highest BCUT2D eigenvalue weighted by Gasteiger charge is 2.14. The molecule has 2 rings (SSSR count). The van der Waals surface area contributed by atoms with Crippen LogP contribution in [-0.2, 0) is 6.54 Å². The second kappa shape index (κ2) is 5.92. The van der Waals surface area contributed by atoms with Gasteiger partial charge < -0.3 is 10.0 Å². The van der Waals surface area contributed by atoms with E-state index in [4.69, 9.17) is 16.7 Å². The molecule has 0 heterocycles. The van der Waals surface area contributed by atoms with E-state index in [1.807, 2.05) is 12.1 Å². The number of nitrogens with zero attached hydrogens (tertiary/aromatic N) is 1. The number of rotatable bonds is 4. The number of carboxylic acid groups (broad SMARTS) is 1. The van der Waals surface area contributed by atoms with E-state index in [0.717, 1.165) is 11.6 Å². The van der Waals surface area contributed by atoms with Gasteiger partial charge in [-0.1, -0.05) is 23.7 Å². The van der Waals surface area contributed by atoms with Crippen LogP contribution in [0.15, 0.2) is 42.5 Å². The maximum absolute atomic E-state index is 13.1. The molecule has 0 bridgehead atoms. The van der Waals surface area contributed by atoms with Crippen LogP contribution in [0.2, 0.25) is 5.02 Å². The Morgan fingerprint density at radius 3 is 2.50 bits per heavy atom. The topological polar surface area (TPSA) is 40.5 Å². The molecule has 104 valence electrons. The normalized spacial score (nSPS) is 10.3. The first-order valence-corrected chi connectivity index (χ1v) is 6.33. The Kier molecular flexibility index (Phi) is 4.25. The fourth-order valence-corrected chi connectivity index (χ4v) is 2.09. The van der Waals surface area contributed by atoms with Gasteiger partial charge in [0.1, 0.15) is 5.82 Å². The number of aromatic carboxylic acids is 1. The Labute approximate surface area is 121 Å². The molecule has 0 saturated carbocycles. The summed E-state index contributed by atoms with van der Waals surface area (Å²) in [6.07, 6.45) is 0. The highest BCUT2D eigenvalue weighted by atomic mass is 35.5. The van der Waals surface area contributed by atoms with E-state index in [0.29, 0.717) is 17.3 Å². The van der Waals surface area contributed by atoms with Gasteiger partial charge in [-0.15, -0.1) is 0 Å². The standard InChI is InChI=1S/C15H13ClFNO2/c1-18(9-10-2-4-11(16)5-3-10)14-7-6-12(17)8-13(14)15(19)20/h2-8H,9H2,1H3,(H,19,20). The predicted molar refractivity (Wildman–Crippen MR) is 76.9 cm³/mol. The van der Waals surface area contributed by atoms with Crippen molar-refractivity contribution in [3.8, 4) is 0 Å². The van der Waals surface area contributed by atoms with E-state index < -0.39 is 11.8 Å². The minimum absolute atomic E-state index is 0.0542. The Hall–Kier alpha value is -2.07. The van der Waals surface area contributed by atoms with Crippen molar-refractivity contribution in [2.45, 2.75) is 6.54 Å². The van der Waals surface area contributed by atoms with Crippen LogP contribution in [0.4, 0.5) is 10.1 Å². The molecule has 3 nitrogen and oxygen atoms in total. The van der Waals surface area contributed by atoms with Crippen molar-refractivity contribution in [1.82, 2.24) is 0 Å². The summed E-state index contributed by atoms with van der Waals surface area (Å²) < 4.78 is 13.1. The van der Waals surface area contributed by atoms with E-state index in [1.165, 1.54) is 12.1 Å². The molecule has 2 aromatic rings. The van der Waals surface area contributed by atoms with Gasteiger partial charge in [-0.2, -0.15) is 0 Å². The zero-order valence-electron chi connectivity index (χ0n) is 10.8. The molecule has 5 heteroatoms. The smallest absolute Gasteiger partial charge is 0.337 e. The van der Waals surface area contributed by atoms with Gasteiger partial charge in [0.25, 0.3) is 0 Å². The van der Waals surface area contributed by atoms with E-state index in [9.17, 15) is 9.18 Å². The Bertz CT molecular complexity index is 628. The first kappa shape index (κ1) is 14.3. The number of carbonyl (C=O) groups is 1. The molecule has 0 radical (unpaired) electrons. The maximum atomic E-state index is 13.1. The molecule has 1 N–H and O–H groups in total. The predicted octanol–water partition coefficient (Wildman–Crippen LogP) is 3.81. The summed E-state index contributed by atoms with van der Waals surface area (Å²) in [4.78, 5) is 12.9. The molecule has 0 unspecified atom stereocenters. The average molecular weight is 294 g/mol. The van der Waals surface area contributed by atoms with Crippen molar-refractivity contribution >= 4 is 23.3 Å². The van der Waals surface area contributed by atoms with Crippen LogP contribution in [0.25, 0.3) is 0 Å². The third-order valence-corrected chi connectivity index (χ3v) is 3.19. The van der Waals surface area contributed by atoms with Gasteiger partial charge in [0.05, 0.1) is 11.3 Å². The minimum Gasteiger partial charge on any atom is -0.478 e. The number of hydrogen-bond donors (Lipinski definition) is 1. The van der Waals surface area contributed by atoms with Crippen molar-refractivity contribution in [2.24, 2.45) is 0 Å². The van der Waals surface area contributed by atoms with Crippen molar-refractivity contribution in [3.63, 3.8) is 0 Å². The summed E-state index contributed by atoms with van der Waals surface area (Å²) in [7, 11) is 1.76. The lowest BCUT2D eigenvalue weighted by molar-refractivity contribution is 0.0697. The third kappa shape index (κ3) is 3.27. The molecular formula is C15H13ClFNO2. The van der Waals surface area contributed by atoms with E-state index in [-0.39, 0.29) is 5.56 Å². The van der Waals surface area contributed by atoms with Gasteiger partial charge in [-0.3, -0.25) is 0 Å². The number of carboxylic acids is 1. The average Bonchev–Trinajstić information content (AvgIpc) is 2.41. The molecule has 0 aromatic heterocycles. The lowest BCUT2D eigenvalue weighted by Gasteiger charge is -2.21. The minimum atomic E-state index is -1.15. The van der Waals surface area contributed by atoms with Crippen LogP contribution in [0.1, 0.15) is 15.9 Å². The molecule has 2 aromatic carbocycles. The largest absolute Gasteiger partial charge is 0.478 e. The van der Waals surface area contributed by atoms with Crippen molar-refractivity contribution in [1.29, 1.82) is 0 Å². The molecule has 0 atom stereocenters.